The van der Waals surface area contributed by atoms with Gasteiger partial charge >= 0.3 is 0 Å². The lowest BCUT2D eigenvalue weighted by atomic mass is 10.2. The molecule has 2 N–H and O–H groups in total. The van der Waals surface area contributed by atoms with E-state index in [1.54, 1.807) is 24.3 Å². The maximum absolute atomic E-state index is 13.6. The molecule has 2 amide bonds. The summed E-state index contributed by atoms with van der Waals surface area (Å²) in [4.78, 5) is 28.1. The molecule has 132 valence electrons. The molecular weight excluding hydrogens is 360 g/mol. The molecule has 3 rings (SSSR count). The summed E-state index contributed by atoms with van der Waals surface area (Å²) in [5.74, 6) is -2.22. The Hall–Kier alpha value is -3.13. The summed E-state index contributed by atoms with van der Waals surface area (Å²) in [6.07, 6.45) is 0. The highest BCUT2D eigenvalue weighted by atomic mass is 32.1. The first-order valence-electron chi connectivity index (χ1n) is 7.57. The van der Waals surface area contributed by atoms with Crippen LogP contribution in [0.15, 0.2) is 53.9 Å². The number of benzene rings is 2. The van der Waals surface area contributed by atoms with Crippen molar-refractivity contribution < 1.29 is 18.4 Å². The second-order valence-corrected chi connectivity index (χ2v) is 6.10. The number of amides is 2. The van der Waals surface area contributed by atoms with E-state index in [2.05, 4.69) is 15.6 Å². The third-order valence-corrected chi connectivity index (χ3v) is 4.23. The third kappa shape index (κ3) is 4.09. The van der Waals surface area contributed by atoms with E-state index in [-0.39, 0.29) is 22.9 Å². The zero-order valence-corrected chi connectivity index (χ0v) is 14.1. The molecule has 0 spiro atoms. The molecule has 1 heterocycles. The molecule has 0 unspecified atom stereocenters. The molecule has 0 atom stereocenters. The van der Waals surface area contributed by atoms with Gasteiger partial charge in [0.15, 0.2) is 5.13 Å². The Kier molecular flexibility index (Phi) is 5.33. The van der Waals surface area contributed by atoms with Gasteiger partial charge < -0.3 is 5.32 Å². The van der Waals surface area contributed by atoms with Crippen LogP contribution in [0, 0.1) is 11.6 Å². The number of hydrogen-bond donors (Lipinski definition) is 2. The van der Waals surface area contributed by atoms with E-state index in [9.17, 15) is 18.4 Å². The zero-order valence-electron chi connectivity index (χ0n) is 13.3. The van der Waals surface area contributed by atoms with Crippen molar-refractivity contribution >= 4 is 28.3 Å². The van der Waals surface area contributed by atoms with Crippen molar-refractivity contribution in [2.24, 2.45) is 0 Å². The largest absolute Gasteiger partial charge is 0.346 e. The van der Waals surface area contributed by atoms with Gasteiger partial charge in [-0.05, 0) is 18.2 Å². The molecule has 5 nitrogen and oxygen atoms in total. The summed E-state index contributed by atoms with van der Waals surface area (Å²) in [5.41, 5.74) is 0.313. The summed E-state index contributed by atoms with van der Waals surface area (Å²) in [5, 5.41) is 6.62. The second-order valence-electron chi connectivity index (χ2n) is 5.25. The number of carbonyl (C=O) groups is 2. The van der Waals surface area contributed by atoms with Crippen molar-refractivity contribution in [1.29, 1.82) is 0 Å². The fourth-order valence-corrected chi connectivity index (χ4v) is 2.84. The molecular formula is C18H13F2N3O2S. The van der Waals surface area contributed by atoms with E-state index in [0.29, 0.717) is 5.56 Å². The summed E-state index contributed by atoms with van der Waals surface area (Å²) in [6.45, 7) is 0.0138. The molecule has 2 aromatic carbocycles. The van der Waals surface area contributed by atoms with Gasteiger partial charge in [-0.3, -0.25) is 14.9 Å². The van der Waals surface area contributed by atoms with E-state index in [1.807, 2.05) is 0 Å². The Labute approximate surface area is 151 Å². The van der Waals surface area contributed by atoms with Gasteiger partial charge in [-0.15, -0.1) is 11.3 Å². The number of anilines is 1. The van der Waals surface area contributed by atoms with Crippen molar-refractivity contribution in [1.82, 2.24) is 10.3 Å². The van der Waals surface area contributed by atoms with Crippen molar-refractivity contribution in [3.05, 3.63) is 82.4 Å². The predicted molar refractivity (Wildman–Crippen MR) is 94.0 cm³/mol. The van der Waals surface area contributed by atoms with Gasteiger partial charge in [-0.2, -0.15) is 0 Å². The smallest absolute Gasteiger partial charge is 0.271 e. The maximum atomic E-state index is 13.6. The molecule has 0 aliphatic carbocycles. The number of thiazole rings is 1. The number of nitrogens with zero attached hydrogens (tertiary/aromatic N) is 1. The minimum atomic E-state index is -0.657. The molecule has 0 saturated carbocycles. The molecule has 0 fully saturated rings. The average molecular weight is 373 g/mol. The van der Waals surface area contributed by atoms with Crippen molar-refractivity contribution in [2.75, 3.05) is 5.32 Å². The first-order valence-corrected chi connectivity index (χ1v) is 8.45. The number of nitrogens with one attached hydrogen (secondary N) is 2. The minimum absolute atomic E-state index is 0.0138. The van der Waals surface area contributed by atoms with E-state index in [0.717, 1.165) is 11.3 Å². The zero-order chi connectivity index (χ0) is 18.5. The number of rotatable bonds is 5. The van der Waals surface area contributed by atoms with Gasteiger partial charge in [0.05, 0.1) is 5.56 Å². The van der Waals surface area contributed by atoms with Crippen LogP contribution in [0.2, 0.25) is 0 Å². The summed E-state index contributed by atoms with van der Waals surface area (Å²) >= 11 is 1.03. The summed E-state index contributed by atoms with van der Waals surface area (Å²) < 4.78 is 27.1. The molecule has 0 aliphatic heterocycles. The number of hydrogen-bond acceptors (Lipinski definition) is 4. The Balaban J connectivity index is 1.62. The lowest BCUT2D eigenvalue weighted by molar-refractivity contribution is 0.0944. The molecule has 1 aromatic heterocycles. The molecule has 26 heavy (non-hydrogen) atoms. The fraction of sp³-hybridized carbons (Fsp3) is 0.0556. The van der Waals surface area contributed by atoms with Crippen LogP contribution >= 0.6 is 11.3 Å². The first kappa shape index (κ1) is 17.7. The van der Waals surface area contributed by atoms with Crippen LogP contribution in [-0.2, 0) is 6.54 Å². The number of halogens is 2. The van der Waals surface area contributed by atoms with E-state index in [4.69, 9.17) is 0 Å². The molecule has 8 heteroatoms. The average Bonchev–Trinajstić information content (AvgIpc) is 3.09. The van der Waals surface area contributed by atoms with Crippen molar-refractivity contribution in [3.8, 4) is 0 Å². The molecule has 0 radical (unpaired) electrons. The van der Waals surface area contributed by atoms with E-state index < -0.39 is 23.4 Å². The summed E-state index contributed by atoms with van der Waals surface area (Å²) in [6, 6.07) is 11.7. The SMILES string of the molecule is O=C(NCc1ccccc1F)c1csc(NC(=O)c2ccccc2F)n1. The highest BCUT2D eigenvalue weighted by Crippen LogP contribution is 2.17. The third-order valence-electron chi connectivity index (χ3n) is 3.47. The van der Waals surface area contributed by atoms with Crippen LogP contribution in [0.25, 0.3) is 0 Å². The van der Waals surface area contributed by atoms with Gasteiger partial charge in [-0.1, -0.05) is 30.3 Å². The van der Waals surface area contributed by atoms with Crippen LogP contribution < -0.4 is 10.6 Å². The highest BCUT2D eigenvalue weighted by molar-refractivity contribution is 7.14. The Morgan fingerprint density at radius 3 is 2.38 bits per heavy atom. The summed E-state index contributed by atoms with van der Waals surface area (Å²) in [7, 11) is 0. The van der Waals surface area contributed by atoms with Gasteiger partial charge in [0.1, 0.15) is 17.3 Å². The molecule has 3 aromatic rings. The predicted octanol–water partition coefficient (Wildman–Crippen LogP) is 3.60. The van der Waals surface area contributed by atoms with Crippen LogP contribution in [-0.4, -0.2) is 16.8 Å². The van der Waals surface area contributed by atoms with E-state index >= 15 is 0 Å². The monoisotopic (exact) mass is 373 g/mol. The van der Waals surface area contributed by atoms with Gasteiger partial charge in [-0.25, -0.2) is 13.8 Å². The quantitative estimate of drug-likeness (QED) is 0.718. The number of aromatic nitrogens is 1. The van der Waals surface area contributed by atoms with Gasteiger partial charge in [0.2, 0.25) is 0 Å². The molecule has 0 aliphatic rings. The second kappa shape index (κ2) is 7.83. The fourth-order valence-electron chi connectivity index (χ4n) is 2.15. The lowest BCUT2D eigenvalue weighted by Gasteiger charge is -2.04. The number of carbonyl (C=O) groups excluding carboxylic acids is 2. The minimum Gasteiger partial charge on any atom is -0.346 e. The van der Waals surface area contributed by atoms with Gasteiger partial charge in [0, 0.05) is 17.5 Å². The van der Waals surface area contributed by atoms with Gasteiger partial charge in [0.25, 0.3) is 11.8 Å². The Morgan fingerprint density at radius 2 is 1.65 bits per heavy atom. The van der Waals surface area contributed by atoms with Crippen LogP contribution in [0.5, 0.6) is 0 Å². The topological polar surface area (TPSA) is 71.1 Å². The lowest BCUT2D eigenvalue weighted by Crippen LogP contribution is -2.23. The first-order chi connectivity index (χ1) is 12.5. The van der Waals surface area contributed by atoms with Crippen molar-refractivity contribution in [3.63, 3.8) is 0 Å². The normalized spacial score (nSPS) is 10.4. The Morgan fingerprint density at radius 1 is 0.962 bits per heavy atom. The molecule has 0 saturated heterocycles. The van der Waals surface area contributed by atoms with Crippen LogP contribution in [0.1, 0.15) is 26.4 Å². The van der Waals surface area contributed by atoms with E-state index in [1.165, 1.54) is 29.6 Å². The highest BCUT2D eigenvalue weighted by Gasteiger charge is 2.15. The molecule has 0 bridgehead atoms. The van der Waals surface area contributed by atoms with Crippen LogP contribution in [0.4, 0.5) is 13.9 Å². The Bertz CT molecular complexity index is 959. The van der Waals surface area contributed by atoms with Crippen molar-refractivity contribution in [2.45, 2.75) is 6.54 Å². The van der Waals surface area contributed by atoms with Crippen LogP contribution in [0.3, 0.4) is 0 Å². The standard InChI is InChI=1S/C18H13F2N3O2S/c19-13-7-3-1-5-11(13)9-21-17(25)15-10-26-18(22-15)23-16(24)12-6-2-4-8-14(12)20/h1-8,10H,9H2,(H,21,25)(H,22,23,24). The maximum Gasteiger partial charge on any atom is 0.271 e.